The second-order valence-corrected chi connectivity index (χ2v) is 5.69. The van der Waals surface area contributed by atoms with Gasteiger partial charge in [0.25, 0.3) is 0 Å². The van der Waals surface area contributed by atoms with Gasteiger partial charge in [-0.15, -0.1) is 0 Å². The van der Waals surface area contributed by atoms with Crippen LogP contribution >= 0.6 is 0 Å². The van der Waals surface area contributed by atoms with E-state index in [9.17, 15) is 13.2 Å². The number of rotatable bonds is 4. The number of nitrogens with zero attached hydrogens (tertiary/aromatic N) is 4. The van der Waals surface area contributed by atoms with Crippen molar-refractivity contribution in [3.8, 4) is 6.07 Å². The maximum absolute atomic E-state index is 12.3. The Hall–Kier alpha value is -1.55. The van der Waals surface area contributed by atoms with Crippen molar-refractivity contribution in [2.45, 2.75) is 37.9 Å². The highest BCUT2D eigenvalue weighted by Gasteiger charge is 2.48. The second kappa shape index (κ2) is 5.09. The average Bonchev–Trinajstić information content (AvgIpc) is 2.73. The molecule has 0 N–H and O–H groups in total. The van der Waals surface area contributed by atoms with E-state index in [0.29, 0.717) is 5.92 Å². The summed E-state index contributed by atoms with van der Waals surface area (Å²) < 4.78 is 38.7. The molecule has 0 atom stereocenters. The van der Waals surface area contributed by atoms with Gasteiger partial charge in [-0.3, -0.25) is 9.58 Å². The first kappa shape index (κ1) is 14.9. The molecule has 0 amide bonds. The predicted octanol–water partition coefficient (Wildman–Crippen LogP) is 2.49. The molecule has 0 saturated carbocycles. The van der Waals surface area contributed by atoms with Crippen molar-refractivity contribution in [1.29, 1.82) is 5.26 Å². The lowest BCUT2D eigenvalue weighted by Crippen LogP contribution is -2.64. The Morgan fingerprint density at radius 3 is 2.55 bits per heavy atom. The quantitative estimate of drug-likeness (QED) is 0.854. The molecule has 0 aliphatic carbocycles. The van der Waals surface area contributed by atoms with Gasteiger partial charge in [0, 0.05) is 19.3 Å². The van der Waals surface area contributed by atoms with Crippen molar-refractivity contribution in [2.24, 2.45) is 0 Å². The summed E-state index contributed by atoms with van der Waals surface area (Å²) in [4.78, 5) is 1.30. The van der Waals surface area contributed by atoms with Crippen molar-refractivity contribution in [3.05, 3.63) is 18.0 Å². The zero-order chi connectivity index (χ0) is 15.0. The summed E-state index contributed by atoms with van der Waals surface area (Å²) in [6.45, 7) is 3.53. The van der Waals surface area contributed by atoms with E-state index in [-0.39, 0.29) is 19.5 Å². The van der Waals surface area contributed by atoms with Gasteiger partial charge in [0.1, 0.15) is 5.54 Å². The highest BCUT2D eigenvalue weighted by atomic mass is 19.4. The van der Waals surface area contributed by atoms with Crippen molar-refractivity contribution >= 4 is 0 Å². The number of hydrogen-bond donors (Lipinski definition) is 0. The van der Waals surface area contributed by atoms with Gasteiger partial charge in [-0.1, -0.05) is 13.8 Å². The van der Waals surface area contributed by atoms with E-state index in [1.165, 1.54) is 4.90 Å². The van der Waals surface area contributed by atoms with E-state index >= 15 is 0 Å². The molecule has 1 aliphatic rings. The zero-order valence-electron chi connectivity index (χ0n) is 11.5. The first-order valence-corrected chi connectivity index (χ1v) is 6.47. The molecule has 0 radical (unpaired) electrons. The van der Waals surface area contributed by atoms with Crippen LogP contribution in [0.3, 0.4) is 0 Å². The number of halogens is 3. The minimum Gasteiger partial charge on any atom is -0.290 e. The molecule has 1 aromatic heterocycles. The number of nitriles is 1. The Bertz CT molecular complexity index is 506. The fourth-order valence-electron chi connectivity index (χ4n) is 2.53. The molecule has 1 aliphatic heterocycles. The molecule has 20 heavy (non-hydrogen) atoms. The summed E-state index contributed by atoms with van der Waals surface area (Å²) in [5.41, 5.74) is 0.407. The Balaban J connectivity index is 2.11. The maximum atomic E-state index is 12.3. The highest BCUT2D eigenvalue weighted by Crippen LogP contribution is 2.34. The number of hydrogen-bond acceptors (Lipinski definition) is 3. The van der Waals surface area contributed by atoms with Crippen LogP contribution in [-0.4, -0.2) is 40.5 Å². The van der Waals surface area contributed by atoms with Crippen LogP contribution in [0, 0.1) is 11.3 Å². The Morgan fingerprint density at radius 2 is 2.10 bits per heavy atom. The molecule has 0 spiro atoms. The molecule has 0 bridgehead atoms. The van der Waals surface area contributed by atoms with Crippen LogP contribution in [0.15, 0.2) is 12.4 Å². The van der Waals surface area contributed by atoms with Gasteiger partial charge in [-0.2, -0.15) is 23.5 Å². The van der Waals surface area contributed by atoms with E-state index in [1.807, 2.05) is 20.0 Å². The van der Waals surface area contributed by atoms with E-state index in [2.05, 4.69) is 11.2 Å². The van der Waals surface area contributed by atoms with Gasteiger partial charge in [-0.05, 0) is 11.5 Å². The van der Waals surface area contributed by atoms with Gasteiger partial charge in [-0.25, -0.2) is 0 Å². The van der Waals surface area contributed by atoms with Gasteiger partial charge in [0.15, 0.2) is 0 Å². The molecule has 4 nitrogen and oxygen atoms in total. The number of likely N-dealkylation sites (tertiary alicyclic amines) is 1. The number of alkyl halides is 3. The summed E-state index contributed by atoms with van der Waals surface area (Å²) in [5.74, 6) is 0.300. The third-order valence-corrected chi connectivity index (χ3v) is 3.60. The van der Waals surface area contributed by atoms with Crippen LogP contribution in [0.25, 0.3) is 0 Å². The van der Waals surface area contributed by atoms with Gasteiger partial charge in [0.05, 0.1) is 25.2 Å². The van der Waals surface area contributed by atoms with E-state index in [0.717, 1.165) is 5.56 Å². The van der Waals surface area contributed by atoms with Crippen LogP contribution in [0.2, 0.25) is 0 Å². The molecular weight excluding hydrogens is 269 g/mol. The summed E-state index contributed by atoms with van der Waals surface area (Å²) in [5, 5.41) is 13.2. The van der Waals surface area contributed by atoms with Crippen LogP contribution in [-0.2, 0) is 5.54 Å². The standard InChI is InChI=1S/C13H17F3N4/c1-10(2)11-5-18-20(6-11)12(3-4-17)7-19(8-12)9-13(14,15)16/h5-6,10H,3,7-9H2,1-2H3. The van der Waals surface area contributed by atoms with Crippen LogP contribution < -0.4 is 0 Å². The first-order valence-electron chi connectivity index (χ1n) is 6.47. The molecule has 110 valence electrons. The fourth-order valence-corrected chi connectivity index (χ4v) is 2.53. The van der Waals surface area contributed by atoms with E-state index in [4.69, 9.17) is 5.26 Å². The monoisotopic (exact) mass is 286 g/mol. The van der Waals surface area contributed by atoms with Crippen molar-refractivity contribution in [2.75, 3.05) is 19.6 Å². The SMILES string of the molecule is CC(C)c1cnn(C2(CC#N)CN(CC(F)(F)F)C2)c1. The Labute approximate surface area is 115 Å². The fraction of sp³-hybridized carbons (Fsp3) is 0.692. The summed E-state index contributed by atoms with van der Waals surface area (Å²) in [7, 11) is 0. The van der Waals surface area contributed by atoms with Crippen LogP contribution in [0.1, 0.15) is 31.7 Å². The predicted molar refractivity (Wildman–Crippen MR) is 67.0 cm³/mol. The molecule has 7 heteroatoms. The van der Waals surface area contributed by atoms with Gasteiger partial charge in [0.2, 0.25) is 0 Å². The topological polar surface area (TPSA) is 44.9 Å². The summed E-state index contributed by atoms with van der Waals surface area (Å²) in [6.07, 6.45) is -0.476. The minimum atomic E-state index is -4.20. The van der Waals surface area contributed by atoms with Crippen LogP contribution in [0.4, 0.5) is 13.2 Å². The molecule has 0 unspecified atom stereocenters. The Morgan fingerprint density at radius 1 is 1.45 bits per heavy atom. The zero-order valence-corrected chi connectivity index (χ0v) is 11.5. The Kier molecular flexibility index (Phi) is 3.78. The van der Waals surface area contributed by atoms with Gasteiger partial charge >= 0.3 is 6.18 Å². The maximum Gasteiger partial charge on any atom is 0.401 e. The molecule has 2 heterocycles. The lowest BCUT2D eigenvalue weighted by molar-refractivity contribution is -0.167. The molecule has 2 rings (SSSR count). The average molecular weight is 286 g/mol. The normalized spacial score (nSPS) is 18.9. The summed E-state index contributed by atoms with van der Waals surface area (Å²) >= 11 is 0. The summed E-state index contributed by atoms with van der Waals surface area (Å²) in [6, 6.07) is 2.06. The third-order valence-electron chi connectivity index (χ3n) is 3.60. The van der Waals surface area contributed by atoms with Crippen molar-refractivity contribution < 1.29 is 13.2 Å². The van der Waals surface area contributed by atoms with Crippen LogP contribution in [0.5, 0.6) is 0 Å². The first-order chi connectivity index (χ1) is 9.26. The third kappa shape index (κ3) is 2.96. The van der Waals surface area contributed by atoms with E-state index in [1.54, 1.807) is 10.9 Å². The molecule has 1 saturated heterocycles. The molecular formula is C13H17F3N4. The number of aromatic nitrogens is 2. The van der Waals surface area contributed by atoms with Gasteiger partial charge < -0.3 is 0 Å². The minimum absolute atomic E-state index is 0.167. The molecule has 1 fully saturated rings. The largest absolute Gasteiger partial charge is 0.401 e. The van der Waals surface area contributed by atoms with Crippen molar-refractivity contribution in [1.82, 2.24) is 14.7 Å². The highest BCUT2D eigenvalue weighted by molar-refractivity contribution is 5.14. The molecule has 1 aromatic rings. The van der Waals surface area contributed by atoms with Crippen molar-refractivity contribution in [3.63, 3.8) is 0 Å². The molecule has 0 aromatic carbocycles. The lowest BCUT2D eigenvalue weighted by Gasteiger charge is -2.49. The second-order valence-electron chi connectivity index (χ2n) is 5.69. The lowest BCUT2D eigenvalue weighted by atomic mass is 9.86. The smallest absolute Gasteiger partial charge is 0.290 e. The van der Waals surface area contributed by atoms with E-state index < -0.39 is 18.3 Å².